The highest BCUT2D eigenvalue weighted by atomic mass is 16.5. The van der Waals surface area contributed by atoms with E-state index in [2.05, 4.69) is 5.32 Å². The highest BCUT2D eigenvalue weighted by Crippen LogP contribution is 2.43. The summed E-state index contributed by atoms with van der Waals surface area (Å²) in [5, 5.41) is 2.81. The molecule has 1 atom stereocenters. The van der Waals surface area contributed by atoms with E-state index in [-0.39, 0.29) is 36.7 Å². The van der Waals surface area contributed by atoms with Gasteiger partial charge in [-0.25, -0.2) is 9.79 Å². The number of rotatable bonds is 10. The van der Waals surface area contributed by atoms with Crippen molar-refractivity contribution in [1.29, 1.82) is 0 Å². The molecule has 11 nitrogen and oxygen atoms in total. The van der Waals surface area contributed by atoms with Crippen LogP contribution in [0.5, 0.6) is 0 Å². The summed E-state index contributed by atoms with van der Waals surface area (Å²) in [5.41, 5.74) is 7.43. The van der Waals surface area contributed by atoms with Crippen LogP contribution in [0.2, 0.25) is 0 Å². The molecule has 1 aliphatic heterocycles. The summed E-state index contributed by atoms with van der Waals surface area (Å²) in [7, 11) is 6.30. The molecule has 3 rings (SSSR count). The number of hydrogen-bond acceptors (Lipinski definition) is 7. The average molecular weight is 552 g/mol. The van der Waals surface area contributed by atoms with Crippen LogP contribution in [0, 0.1) is 5.92 Å². The van der Waals surface area contributed by atoms with E-state index in [1.807, 2.05) is 12.1 Å². The summed E-state index contributed by atoms with van der Waals surface area (Å²) in [5.74, 6) is -0.767. The standard InChI is InChI=1S/C29H37N5O6/c1-33(2)28(30)32-29(14-17-35,23-6-5-7-24(18-23)31-25(36)19-39-3)22-12-15-34(16-13-22)26(37)20-8-10-21(11-9-20)27(38)40-4/h5-11,17-18,22H,12-16,19H2,1-4H3,(H2,30,32)(H,31,36). The number of piperidine rings is 1. The van der Waals surface area contributed by atoms with Gasteiger partial charge in [-0.3, -0.25) is 9.59 Å². The SMILES string of the molecule is COCC(=O)Nc1cccc(C(CC=O)(N=C(N)N(C)C)C2CCN(C(=O)c3ccc(C(=O)OC)cc3)CC2)c1. The van der Waals surface area contributed by atoms with Crippen molar-refractivity contribution in [3.63, 3.8) is 0 Å². The molecule has 214 valence electrons. The number of benzene rings is 2. The Morgan fingerprint density at radius 3 is 2.33 bits per heavy atom. The molecule has 0 saturated carbocycles. The molecule has 0 radical (unpaired) electrons. The summed E-state index contributed by atoms with van der Waals surface area (Å²) >= 11 is 0. The molecular formula is C29H37N5O6. The van der Waals surface area contributed by atoms with Gasteiger partial charge < -0.3 is 35.1 Å². The van der Waals surface area contributed by atoms with E-state index < -0.39 is 11.5 Å². The molecule has 2 aromatic carbocycles. The number of amides is 2. The molecule has 0 spiro atoms. The summed E-state index contributed by atoms with van der Waals surface area (Å²) < 4.78 is 9.64. The van der Waals surface area contributed by atoms with Crippen LogP contribution >= 0.6 is 0 Å². The third-order valence-corrected chi connectivity index (χ3v) is 7.10. The second-order valence-electron chi connectivity index (χ2n) is 9.86. The van der Waals surface area contributed by atoms with Crippen molar-refractivity contribution in [2.75, 3.05) is 53.3 Å². The normalized spacial score (nSPS) is 15.6. The molecule has 0 aliphatic carbocycles. The number of nitrogens with two attached hydrogens (primary N) is 1. The van der Waals surface area contributed by atoms with Gasteiger partial charge in [0.2, 0.25) is 5.91 Å². The Morgan fingerprint density at radius 2 is 1.75 bits per heavy atom. The molecule has 1 aliphatic rings. The average Bonchev–Trinajstić information content (AvgIpc) is 2.96. The highest BCUT2D eigenvalue weighted by molar-refractivity contribution is 5.96. The summed E-state index contributed by atoms with van der Waals surface area (Å²) in [6.07, 6.45) is 2.06. The molecule has 0 bridgehead atoms. The Bertz CT molecular complexity index is 1240. The predicted molar refractivity (Wildman–Crippen MR) is 151 cm³/mol. The van der Waals surface area contributed by atoms with E-state index in [1.54, 1.807) is 60.3 Å². The first-order chi connectivity index (χ1) is 19.1. The maximum Gasteiger partial charge on any atom is 0.337 e. The zero-order chi connectivity index (χ0) is 29.3. The minimum Gasteiger partial charge on any atom is -0.465 e. The molecule has 11 heteroatoms. The Hall–Kier alpha value is -4.25. The number of anilines is 1. The molecule has 1 saturated heterocycles. The van der Waals surface area contributed by atoms with E-state index in [0.29, 0.717) is 42.7 Å². The number of ether oxygens (including phenoxy) is 2. The fourth-order valence-corrected chi connectivity index (χ4v) is 4.96. The first kappa shape index (κ1) is 30.3. The van der Waals surface area contributed by atoms with Crippen LogP contribution < -0.4 is 11.1 Å². The predicted octanol–water partition coefficient (Wildman–Crippen LogP) is 2.27. The minimum absolute atomic E-state index is 0.0740. The lowest BCUT2D eigenvalue weighted by molar-refractivity contribution is -0.119. The Labute approximate surface area is 234 Å². The van der Waals surface area contributed by atoms with Gasteiger partial charge in [-0.15, -0.1) is 0 Å². The van der Waals surface area contributed by atoms with Gasteiger partial charge in [0.05, 0.1) is 18.2 Å². The third-order valence-electron chi connectivity index (χ3n) is 7.10. The zero-order valence-corrected chi connectivity index (χ0v) is 23.4. The van der Waals surface area contributed by atoms with E-state index in [4.69, 9.17) is 20.2 Å². The van der Waals surface area contributed by atoms with Crippen LogP contribution in [-0.4, -0.2) is 87.8 Å². The maximum absolute atomic E-state index is 13.2. The Balaban J connectivity index is 1.90. The van der Waals surface area contributed by atoms with Crippen LogP contribution in [-0.2, 0) is 24.6 Å². The molecule has 3 N–H and O–H groups in total. The number of nitrogens with zero attached hydrogens (tertiary/aromatic N) is 3. The zero-order valence-electron chi connectivity index (χ0n) is 23.4. The van der Waals surface area contributed by atoms with Crippen LogP contribution in [0.1, 0.15) is 45.5 Å². The molecule has 40 heavy (non-hydrogen) atoms. The smallest absolute Gasteiger partial charge is 0.337 e. The number of guanidine groups is 1. The Morgan fingerprint density at radius 1 is 1.10 bits per heavy atom. The fourth-order valence-electron chi connectivity index (χ4n) is 4.96. The summed E-state index contributed by atoms with van der Waals surface area (Å²) in [6, 6.07) is 13.6. The van der Waals surface area contributed by atoms with Crippen molar-refractivity contribution in [1.82, 2.24) is 9.80 Å². The number of esters is 1. The number of carbonyl (C=O) groups excluding carboxylic acids is 4. The van der Waals surface area contributed by atoms with Crippen molar-refractivity contribution in [2.24, 2.45) is 16.6 Å². The number of likely N-dealkylation sites (tertiary alicyclic amines) is 1. The summed E-state index contributed by atoms with van der Waals surface area (Å²) in [6.45, 7) is 0.808. The Kier molecular flexibility index (Phi) is 10.4. The quantitative estimate of drug-likeness (QED) is 0.198. The van der Waals surface area contributed by atoms with Gasteiger partial charge in [0, 0.05) is 52.0 Å². The van der Waals surface area contributed by atoms with E-state index in [0.717, 1.165) is 11.8 Å². The lowest BCUT2D eigenvalue weighted by atomic mass is 9.71. The molecule has 2 aromatic rings. The van der Waals surface area contributed by atoms with Gasteiger partial charge in [0.25, 0.3) is 5.91 Å². The van der Waals surface area contributed by atoms with Crippen molar-refractivity contribution >= 4 is 35.7 Å². The number of methoxy groups -OCH3 is 2. The second kappa shape index (κ2) is 13.7. The van der Waals surface area contributed by atoms with Crippen LogP contribution in [0.4, 0.5) is 5.69 Å². The largest absolute Gasteiger partial charge is 0.465 e. The van der Waals surface area contributed by atoms with Gasteiger partial charge in [-0.05, 0) is 60.7 Å². The van der Waals surface area contributed by atoms with Crippen LogP contribution in [0.3, 0.4) is 0 Å². The van der Waals surface area contributed by atoms with Crippen molar-refractivity contribution < 1.29 is 28.7 Å². The molecular weight excluding hydrogens is 514 g/mol. The lowest BCUT2D eigenvalue weighted by Gasteiger charge is -2.42. The molecule has 1 heterocycles. The first-order valence-corrected chi connectivity index (χ1v) is 13.0. The minimum atomic E-state index is -1.00. The third kappa shape index (κ3) is 7.03. The van der Waals surface area contributed by atoms with Crippen LogP contribution in [0.25, 0.3) is 0 Å². The summed E-state index contributed by atoms with van der Waals surface area (Å²) in [4.78, 5) is 57.5. The lowest BCUT2D eigenvalue weighted by Crippen LogP contribution is -2.46. The number of carbonyl (C=O) groups is 4. The molecule has 1 fully saturated rings. The molecule has 0 aromatic heterocycles. The van der Waals surface area contributed by atoms with Crippen molar-refractivity contribution in [3.05, 3.63) is 65.2 Å². The van der Waals surface area contributed by atoms with Crippen LogP contribution in [0.15, 0.2) is 53.5 Å². The molecule has 2 amide bonds. The van der Waals surface area contributed by atoms with Gasteiger partial charge >= 0.3 is 5.97 Å². The number of aldehydes is 1. The second-order valence-corrected chi connectivity index (χ2v) is 9.86. The first-order valence-electron chi connectivity index (χ1n) is 13.0. The topological polar surface area (TPSA) is 144 Å². The van der Waals surface area contributed by atoms with Gasteiger partial charge in [0.15, 0.2) is 5.96 Å². The highest BCUT2D eigenvalue weighted by Gasteiger charge is 2.43. The fraction of sp³-hybridized carbons (Fsp3) is 0.414. The van der Waals surface area contributed by atoms with Crippen molar-refractivity contribution in [2.45, 2.75) is 24.8 Å². The number of hydrogen-bond donors (Lipinski definition) is 2. The van der Waals surface area contributed by atoms with Gasteiger partial charge in [0.1, 0.15) is 12.9 Å². The van der Waals surface area contributed by atoms with Gasteiger partial charge in [-0.2, -0.15) is 0 Å². The monoisotopic (exact) mass is 551 g/mol. The number of nitrogens with one attached hydrogen (secondary N) is 1. The van der Waals surface area contributed by atoms with Gasteiger partial charge in [-0.1, -0.05) is 12.1 Å². The van der Waals surface area contributed by atoms with E-state index in [1.165, 1.54) is 14.2 Å². The van der Waals surface area contributed by atoms with E-state index >= 15 is 0 Å². The molecule has 1 unspecified atom stereocenters. The van der Waals surface area contributed by atoms with Crippen molar-refractivity contribution in [3.8, 4) is 0 Å². The maximum atomic E-state index is 13.2. The van der Waals surface area contributed by atoms with E-state index in [9.17, 15) is 19.2 Å². The number of aliphatic imine (C=N–C) groups is 1.